The minimum Gasteiger partial charge on any atom is -0.459 e. The Balaban J connectivity index is 1.66. The van der Waals surface area contributed by atoms with Crippen LogP contribution in [0.4, 0.5) is 0 Å². The molecule has 98 valence electrons. The second-order valence-corrected chi connectivity index (χ2v) is 5.67. The fourth-order valence-electron chi connectivity index (χ4n) is 2.97. The average molecular weight is 247 g/mol. The van der Waals surface area contributed by atoms with Crippen molar-refractivity contribution >= 4 is 5.91 Å². The number of hydrogen-bond acceptors (Lipinski definition) is 2. The van der Waals surface area contributed by atoms with Gasteiger partial charge in [-0.15, -0.1) is 0 Å². The van der Waals surface area contributed by atoms with Gasteiger partial charge < -0.3 is 9.32 Å². The third kappa shape index (κ3) is 2.60. The van der Waals surface area contributed by atoms with Crippen molar-refractivity contribution in [2.24, 2.45) is 5.92 Å². The zero-order chi connectivity index (χ0) is 12.4. The van der Waals surface area contributed by atoms with Crippen molar-refractivity contribution in [1.29, 1.82) is 0 Å². The van der Waals surface area contributed by atoms with Gasteiger partial charge in [-0.2, -0.15) is 0 Å². The number of nitrogens with zero attached hydrogens (tertiary/aromatic N) is 1. The van der Waals surface area contributed by atoms with Crippen LogP contribution in [0.2, 0.25) is 0 Å². The minimum atomic E-state index is 0.0908. The second kappa shape index (κ2) is 5.17. The Morgan fingerprint density at radius 1 is 1.22 bits per heavy atom. The van der Waals surface area contributed by atoms with Crippen LogP contribution in [0, 0.1) is 5.92 Å². The molecule has 1 aromatic heterocycles. The number of rotatable bonds is 4. The standard InChI is InChI=1S/C15H21NO2/c17-15(14-7-4-10-18-14)16(13-8-9-13)11-12-5-2-1-3-6-12/h4,7,10,12-13H,1-3,5-6,8-9,11H2. The molecule has 1 heterocycles. The van der Waals surface area contributed by atoms with Crippen LogP contribution in [0.5, 0.6) is 0 Å². The van der Waals surface area contributed by atoms with E-state index in [1.54, 1.807) is 18.4 Å². The van der Waals surface area contributed by atoms with Gasteiger partial charge in [0.25, 0.3) is 5.91 Å². The van der Waals surface area contributed by atoms with E-state index < -0.39 is 0 Å². The molecule has 0 unspecified atom stereocenters. The average Bonchev–Trinajstić information content (AvgIpc) is 3.10. The van der Waals surface area contributed by atoms with E-state index in [-0.39, 0.29) is 5.91 Å². The van der Waals surface area contributed by atoms with Crippen molar-refractivity contribution in [3.05, 3.63) is 24.2 Å². The fraction of sp³-hybridized carbons (Fsp3) is 0.667. The van der Waals surface area contributed by atoms with E-state index in [1.807, 2.05) is 0 Å². The summed E-state index contributed by atoms with van der Waals surface area (Å²) in [5, 5.41) is 0. The summed E-state index contributed by atoms with van der Waals surface area (Å²) in [6.07, 6.45) is 10.5. The minimum absolute atomic E-state index is 0.0908. The normalized spacial score (nSPS) is 20.9. The molecule has 2 saturated carbocycles. The molecule has 1 aromatic rings. The van der Waals surface area contributed by atoms with Crippen molar-refractivity contribution in [3.63, 3.8) is 0 Å². The van der Waals surface area contributed by atoms with Crippen molar-refractivity contribution in [2.75, 3.05) is 6.54 Å². The molecule has 3 rings (SSSR count). The van der Waals surface area contributed by atoms with Crippen LogP contribution < -0.4 is 0 Å². The maximum atomic E-state index is 12.4. The zero-order valence-corrected chi connectivity index (χ0v) is 10.8. The number of amides is 1. The molecule has 1 amide bonds. The van der Waals surface area contributed by atoms with Gasteiger partial charge in [0.15, 0.2) is 5.76 Å². The summed E-state index contributed by atoms with van der Waals surface area (Å²) >= 11 is 0. The van der Waals surface area contributed by atoms with Crippen LogP contribution in [0.25, 0.3) is 0 Å². The van der Waals surface area contributed by atoms with E-state index in [1.165, 1.54) is 44.9 Å². The Kier molecular flexibility index (Phi) is 3.39. The second-order valence-electron chi connectivity index (χ2n) is 5.67. The van der Waals surface area contributed by atoms with Gasteiger partial charge in [-0.1, -0.05) is 19.3 Å². The summed E-state index contributed by atoms with van der Waals surface area (Å²) in [4.78, 5) is 14.5. The molecule has 0 N–H and O–H groups in total. The first kappa shape index (κ1) is 11.8. The van der Waals surface area contributed by atoms with Crippen LogP contribution in [0.3, 0.4) is 0 Å². The van der Waals surface area contributed by atoms with Crippen LogP contribution >= 0.6 is 0 Å². The van der Waals surface area contributed by atoms with Gasteiger partial charge >= 0.3 is 0 Å². The van der Waals surface area contributed by atoms with Crippen LogP contribution in [0.1, 0.15) is 55.5 Å². The highest BCUT2D eigenvalue weighted by molar-refractivity contribution is 5.91. The molecular formula is C15H21NO2. The SMILES string of the molecule is O=C(c1ccco1)N(CC1CCCCC1)C1CC1. The monoisotopic (exact) mass is 247 g/mol. The summed E-state index contributed by atoms with van der Waals surface area (Å²) in [6.45, 7) is 0.935. The van der Waals surface area contributed by atoms with Gasteiger partial charge in [0.1, 0.15) is 0 Å². The number of carbonyl (C=O) groups excluding carboxylic acids is 1. The van der Waals surface area contributed by atoms with E-state index in [9.17, 15) is 4.79 Å². The molecule has 3 nitrogen and oxygen atoms in total. The molecule has 2 aliphatic rings. The number of hydrogen-bond donors (Lipinski definition) is 0. The summed E-state index contributed by atoms with van der Waals surface area (Å²) in [7, 11) is 0. The van der Waals surface area contributed by atoms with Gasteiger partial charge in [-0.05, 0) is 43.7 Å². The van der Waals surface area contributed by atoms with Crippen molar-refractivity contribution < 1.29 is 9.21 Å². The van der Waals surface area contributed by atoms with Crippen molar-refractivity contribution in [1.82, 2.24) is 4.90 Å². The predicted octanol–water partition coefficient (Wildman–Crippen LogP) is 3.46. The third-order valence-electron chi connectivity index (χ3n) is 4.16. The molecule has 2 fully saturated rings. The van der Waals surface area contributed by atoms with Gasteiger partial charge in [0, 0.05) is 12.6 Å². The quantitative estimate of drug-likeness (QED) is 0.816. The van der Waals surface area contributed by atoms with Gasteiger partial charge in [-0.25, -0.2) is 0 Å². The Labute approximate surface area is 108 Å². The Morgan fingerprint density at radius 2 is 2.00 bits per heavy atom. The molecule has 0 aliphatic heterocycles. The molecule has 0 spiro atoms. The van der Waals surface area contributed by atoms with Gasteiger partial charge in [0.2, 0.25) is 0 Å². The van der Waals surface area contributed by atoms with Crippen LogP contribution in [-0.4, -0.2) is 23.4 Å². The smallest absolute Gasteiger partial charge is 0.289 e. The van der Waals surface area contributed by atoms with Crippen molar-refractivity contribution in [3.8, 4) is 0 Å². The number of carbonyl (C=O) groups is 1. The molecule has 2 aliphatic carbocycles. The number of furan rings is 1. The van der Waals surface area contributed by atoms with E-state index in [2.05, 4.69) is 4.90 Å². The molecule has 0 bridgehead atoms. The lowest BCUT2D eigenvalue weighted by molar-refractivity contribution is 0.0666. The first-order chi connectivity index (χ1) is 8.84. The molecular weight excluding hydrogens is 226 g/mol. The first-order valence-corrected chi connectivity index (χ1v) is 7.19. The van der Waals surface area contributed by atoms with E-state index in [4.69, 9.17) is 4.42 Å². The summed E-state index contributed by atoms with van der Waals surface area (Å²) in [5.74, 6) is 1.30. The van der Waals surface area contributed by atoms with Crippen LogP contribution in [0.15, 0.2) is 22.8 Å². The molecule has 3 heteroatoms. The highest BCUT2D eigenvalue weighted by atomic mass is 16.3. The zero-order valence-electron chi connectivity index (χ0n) is 10.8. The lowest BCUT2D eigenvalue weighted by Gasteiger charge is -2.29. The van der Waals surface area contributed by atoms with E-state index in [0.29, 0.717) is 17.7 Å². The Bertz CT molecular complexity index is 389. The molecule has 0 aromatic carbocycles. The van der Waals surface area contributed by atoms with E-state index in [0.717, 1.165) is 6.54 Å². The molecule has 0 radical (unpaired) electrons. The largest absolute Gasteiger partial charge is 0.459 e. The summed E-state index contributed by atoms with van der Waals surface area (Å²) in [6, 6.07) is 4.04. The maximum Gasteiger partial charge on any atom is 0.289 e. The Morgan fingerprint density at radius 3 is 2.61 bits per heavy atom. The summed E-state index contributed by atoms with van der Waals surface area (Å²) < 4.78 is 5.25. The predicted molar refractivity (Wildman–Crippen MR) is 69.3 cm³/mol. The third-order valence-corrected chi connectivity index (χ3v) is 4.16. The van der Waals surface area contributed by atoms with Gasteiger partial charge in [-0.3, -0.25) is 4.79 Å². The highest BCUT2D eigenvalue weighted by Gasteiger charge is 2.35. The maximum absolute atomic E-state index is 12.4. The van der Waals surface area contributed by atoms with Crippen molar-refractivity contribution in [2.45, 2.75) is 51.0 Å². The molecule has 0 saturated heterocycles. The highest BCUT2D eigenvalue weighted by Crippen LogP contribution is 2.32. The molecule has 18 heavy (non-hydrogen) atoms. The first-order valence-electron chi connectivity index (χ1n) is 7.19. The lowest BCUT2D eigenvalue weighted by atomic mass is 9.89. The summed E-state index contributed by atoms with van der Waals surface area (Å²) in [5.41, 5.74) is 0. The van der Waals surface area contributed by atoms with Crippen LogP contribution in [-0.2, 0) is 0 Å². The van der Waals surface area contributed by atoms with E-state index >= 15 is 0 Å². The Hall–Kier alpha value is -1.25. The van der Waals surface area contributed by atoms with Gasteiger partial charge in [0.05, 0.1) is 6.26 Å². The fourth-order valence-corrected chi connectivity index (χ4v) is 2.97. The topological polar surface area (TPSA) is 33.5 Å². The lowest BCUT2D eigenvalue weighted by Crippen LogP contribution is -2.37. The molecule has 0 atom stereocenters.